The minimum Gasteiger partial charge on any atom is -0.462 e. The summed E-state index contributed by atoms with van der Waals surface area (Å²) >= 11 is 0. The maximum absolute atomic E-state index is 12.5. The van der Waals surface area contributed by atoms with Gasteiger partial charge in [0.2, 0.25) is 15.9 Å². The number of hydrogen-bond donors (Lipinski definition) is 1. The molecule has 0 radical (unpaired) electrons. The van der Waals surface area contributed by atoms with Crippen molar-refractivity contribution in [2.75, 3.05) is 24.7 Å². The van der Waals surface area contributed by atoms with E-state index in [1.807, 2.05) is 31.2 Å². The van der Waals surface area contributed by atoms with Crippen LogP contribution in [0.1, 0.15) is 34.0 Å². The first-order valence-corrected chi connectivity index (χ1v) is 11.0. The highest BCUT2D eigenvalue weighted by Crippen LogP contribution is 2.18. The Bertz CT molecular complexity index is 985. The van der Waals surface area contributed by atoms with Crippen molar-refractivity contribution in [1.29, 1.82) is 0 Å². The molecule has 156 valence electrons. The highest BCUT2D eigenvalue weighted by atomic mass is 32.2. The topological polar surface area (TPSA) is 92.8 Å². The van der Waals surface area contributed by atoms with Gasteiger partial charge in [-0.15, -0.1) is 0 Å². The number of rotatable bonds is 8. The van der Waals surface area contributed by atoms with Crippen molar-refractivity contribution in [2.45, 2.75) is 27.3 Å². The van der Waals surface area contributed by atoms with E-state index < -0.39 is 21.9 Å². The second-order valence-electron chi connectivity index (χ2n) is 6.81. The van der Waals surface area contributed by atoms with Crippen molar-refractivity contribution < 1.29 is 22.7 Å². The van der Waals surface area contributed by atoms with Crippen molar-refractivity contribution in [2.24, 2.45) is 0 Å². The fraction of sp³-hybridized carbons (Fsp3) is 0.333. The highest BCUT2D eigenvalue weighted by molar-refractivity contribution is 7.88. The van der Waals surface area contributed by atoms with E-state index in [1.54, 1.807) is 32.0 Å². The van der Waals surface area contributed by atoms with Crippen molar-refractivity contribution in [3.63, 3.8) is 0 Å². The van der Waals surface area contributed by atoms with E-state index >= 15 is 0 Å². The Balaban J connectivity index is 2.10. The molecule has 0 spiro atoms. The smallest absolute Gasteiger partial charge is 0.338 e. The number of aryl methyl sites for hydroxylation is 2. The van der Waals surface area contributed by atoms with Crippen molar-refractivity contribution in [3.8, 4) is 0 Å². The number of amides is 1. The molecule has 0 aliphatic carbocycles. The van der Waals surface area contributed by atoms with Gasteiger partial charge in [0.25, 0.3) is 0 Å². The summed E-state index contributed by atoms with van der Waals surface area (Å²) in [6, 6.07) is 12.2. The van der Waals surface area contributed by atoms with Gasteiger partial charge in [-0.1, -0.05) is 29.8 Å². The summed E-state index contributed by atoms with van der Waals surface area (Å²) in [5, 5.41) is 2.71. The molecule has 1 N–H and O–H groups in total. The SMILES string of the molecule is CCOC(=O)c1ccc(NC(=O)CN(Cc2ccc(C)cc2)S(C)(=O)=O)c(C)c1. The number of benzene rings is 2. The van der Waals surface area contributed by atoms with Gasteiger partial charge in [0.05, 0.1) is 25.0 Å². The standard InChI is InChI=1S/C21H26N2O5S/c1-5-28-21(25)18-10-11-19(16(3)12-18)22-20(24)14-23(29(4,26)27)13-17-8-6-15(2)7-9-17/h6-12H,5,13-14H2,1-4H3,(H,22,24). The maximum Gasteiger partial charge on any atom is 0.338 e. The number of sulfonamides is 1. The first-order valence-electron chi connectivity index (χ1n) is 9.18. The normalized spacial score (nSPS) is 11.3. The van der Waals surface area contributed by atoms with Crippen LogP contribution in [0, 0.1) is 13.8 Å². The largest absolute Gasteiger partial charge is 0.462 e. The molecule has 7 nitrogen and oxygen atoms in total. The summed E-state index contributed by atoms with van der Waals surface area (Å²) in [5.74, 6) is -0.899. The lowest BCUT2D eigenvalue weighted by Crippen LogP contribution is -2.37. The van der Waals surface area contributed by atoms with Crippen LogP contribution < -0.4 is 5.32 Å². The van der Waals surface area contributed by atoms with E-state index in [0.717, 1.165) is 21.7 Å². The first-order chi connectivity index (χ1) is 13.6. The summed E-state index contributed by atoms with van der Waals surface area (Å²) in [6.07, 6.45) is 1.08. The number of nitrogens with one attached hydrogen (secondary N) is 1. The molecule has 2 aromatic carbocycles. The van der Waals surface area contributed by atoms with Gasteiger partial charge < -0.3 is 10.1 Å². The number of esters is 1. The van der Waals surface area contributed by atoms with Crippen LogP contribution >= 0.6 is 0 Å². The zero-order valence-electron chi connectivity index (χ0n) is 17.1. The van der Waals surface area contributed by atoms with Crippen LogP contribution in [0.5, 0.6) is 0 Å². The Hall–Kier alpha value is -2.71. The van der Waals surface area contributed by atoms with Gasteiger partial charge in [0.1, 0.15) is 0 Å². The minimum atomic E-state index is -3.58. The molecule has 0 fully saturated rings. The molecule has 0 saturated heterocycles. The number of anilines is 1. The monoisotopic (exact) mass is 418 g/mol. The van der Waals surface area contributed by atoms with E-state index in [0.29, 0.717) is 16.8 Å². The number of carbonyl (C=O) groups is 2. The summed E-state index contributed by atoms with van der Waals surface area (Å²) in [6.45, 7) is 5.49. The predicted octanol–water partition coefficient (Wildman–Crippen LogP) is 2.88. The van der Waals surface area contributed by atoms with Crippen LogP contribution in [0.2, 0.25) is 0 Å². The van der Waals surface area contributed by atoms with Crippen molar-refractivity contribution >= 4 is 27.6 Å². The van der Waals surface area contributed by atoms with Crippen LogP contribution in [0.4, 0.5) is 5.69 Å². The Labute approximate surface area is 171 Å². The van der Waals surface area contributed by atoms with Crippen molar-refractivity contribution in [1.82, 2.24) is 4.31 Å². The Kier molecular flexibility index (Phi) is 7.53. The van der Waals surface area contributed by atoms with E-state index in [4.69, 9.17) is 4.74 Å². The third-order valence-electron chi connectivity index (χ3n) is 4.28. The van der Waals surface area contributed by atoms with Crippen LogP contribution in [-0.2, 0) is 26.1 Å². The van der Waals surface area contributed by atoms with Gasteiger partial charge in [0, 0.05) is 12.2 Å². The quantitative estimate of drug-likeness (QED) is 0.666. The molecule has 0 bridgehead atoms. The van der Waals surface area contributed by atoms with Gasteiger partial charge in [0.15, 0.2) is 0 Å². The Morgan fingerprint density at radius 2 is 1.72 bits per heavy atom. The Morgan fingerprint density at radius 1 is 1.07 bits per heavy atom. The third-order valence-corrected chi connectivity index (χ3v) is 5.48. The van der Waals surface area contributed by atoms with Crippen LogP contribution in [0.3, 0.4) is 0 Å². The molecule has 2 rings (SSSR count). The van der Waals surface area contributed by atoms with Gasteiger partial charge in [-0.25, -0.2) is 13.2 Å². The molecule has 0 unspecified atom stereocenters. The Morgan fingerprint density at radius 3 is 2.28 bits per heavy atom. The molecule has 0 atom stereocenters. The predicted molar refractivity (Wildman–Crippen MR) is 112 cm³/mol. The van der Waals surface area contributed by atoms with Gasteiger partial charge in [-0.3, -0.25) is 4.79 Å². The van der Waals surface area contributed by atoms with Crippen LogP contribution in [0.15, 0.2) is 42.5 Å². The van der Waals surface area contributed by atoms with E-state index in [-0.39, 0.29) is 19.7 Å². The number of carbonyl (C=O) groups excluding carboxylic acids is 2. The fourth-order valence-corrected chi connectivity index (χ4v) is 3.42. The van der Waals surface area contributed by atoms with Gasteiger partial charge >= 0.3 is 5.97 Å². The molecular formula is C21H26N2O5S. The second-order valence-corrected chi connectivity index (χ2v) is 8.80. The molecule has 0 saturated carbocycles. The molecule has 8 heteroatoms. The van der Waals surface area contributed by atoms with Gasteiger partial charge in [-0.05, 0) is 50.1 Å². The lowest BCUT2D eigenvalue weighted by atomic mass is 10.1. The fourth-order valence-electron chi connectivity index (χ4n) is 2.68. The summed E-state index contributed by atoms with van der Waals surface area (Å²) in [4.78, 5) is 24.3. The number of nitrogens with zero attached hydrogens (tertiary/aromatic N) is 1. The zero-order valence-corrected chi connectivity index (χ0v) is 17.9. The number of ether oxygens (including phenoxy) is 1. The molecule has 29 heavy (non-hydrogen) atoms. The molecule has 0 heterocycles. The molecule has 0 aliphatic rings. The van der Waals surface area contributed by atoms with Crippen LogP contribution in [0.25, 0.3) is 0 Å². The average Bonchev–Trinajstić information content (AvgIpc) is 2.64. The van der Waals surface area contributed by atoms with E-state index in [1.165, 1.54) is 0 Å². The molecule has 0 aliphatic heterocycles. The maximum atomic E-state index is 12.5. The lowest BCUT2D eigenvalue weighted by molar-refractivity contribution is -0.116. The van der Waals surface area contributed by atoms with Crippen LogP contribution in [-0.4, -0.2) is 44.0 Å². The molecule has 0 aromatic heterocycles. The van der Waals surface area contributed by atoms with Gasteiger partial charge in [-0.2, -0.15) is 4.31 Å². The molecule has 1 amide bonds. The second kappa shape index (κ2) is 9.67. The zero-order chi connectivity index (χ0) is 21.6. The highest BCUT2D eigenvalue weighted by Gasteiger charge is 2.21. The summed E-state index contributed by atoms with van der Waals surface area (Å²) in [5.41, 5.74) is 3.43. The number of hydrogen-bond acceptors (Lipinski definition) is 5. The first kappa shape index (κ1) is 22.6. The minimum absolute atomic E-state index is 0.104. The summed E-state index contributed by atoms with van der Waals surface area (Å²) in [7, 11) is -3.58. The average molecular weight is 419 g/mol. The van der Waals surface area contributed by atoms with E-state index in [2.05, 4.69) is 5.32 Å². The third kappa shape index (κ3) is 6.69. The van der Waals surface area contributed by atoms with Crippen molar-refractivity contribution in [3.05, 3.63) is 64.7 Å². The van der Waals surface area contributed by atoms with E-state index in [9.17, 15) is 18.0 Å². The summed E-state index contributed by atoms with van der Waals surface area (Å²) < 4.78 is 30.3. The molecular weight excluding hydrogens is 392 g/mol. The lowest BCUT2D eigenvalue weighted by Gasteiger charge is -2.20. The molecule has 2 aromatic rings.